The minimum absolute atomic E-state index is 0.707. The fourth-order valence-corrected chi connectivity index (χ4v) is 4.36. The molecule has 0 N–H and O–H groups in total. The molecule has 1 nitrogen and oxygen atoms in total. The molecular weight excluding hydrogens is 318 g/mol. The Balaban J connectivity index is 1.92. The number of benzene rings is 1. The van der Waals surface area contributed by atoms with E-state index in [1.54, 1.807) is 0 Å². The van der Waals surface area contributed by atoms with Crippen LogP contribution in [0.3, 0.4) is 0 Å². The Hall–Kier alpha value is -0.670. The lowest BCUT2D eigenvalue weighted by Crippen LogP contribution is -2.03. The predicted octanol–water partition coefficient (Wildman–Crippen LogP) is 5.93. The monoisotopic (exact) mass is 335 g/mol. The maximum atomic E-state index is 4.94. The maximum Gasteiger partial charge on any atom is 0.0966 e. The van der Waals surface area contributed by atoms with Crippen LogP contribution in [0.15, 0.2) is 28.7 Å². The van der Waals surface area contributed by atoms with E-state index in [-0.39, 0.29) is 0 Å². The zero-order valence-electron chi connectivity index (χ0n) is 11.2. The first-order chi connectivity index (χ1) is 9.24. The largest absolute Gasteiger partial charge is 0.241 e. The molecule has 3 rings (SSSR count). The molecule has 1 heterocycles. The summed E-state index contributed by atoms with van der Waals surface area (Å²) < 4.78 is 1.12. The average molecular weight is 336 g/mol. The Morgan fingerprint density at radius 3 is 2.74 bits per heavy atom. The van der Waals surface area contributed by atoms with Gasteiger partial charge in [-0.05, 0) is 31.9 Å². The summed E-state index contributed by atoms with van der Waals surface area (Å²) in [5, 5.41) is 1.35. The van der Waals surface area contributed by atoms with Gasteiger partial charge in [0.05, 0.1) is 10.7 Å². The fourth-order valence-electron chi connectivity index (χ4n) is 2.84. The molecular formula is C16H18BrNS. The fraction of sp³-hybridized carbons (Fsp3) is 0.438. The molecule has 1 aliphatic carbocycles. The van der Waals surface area contributed by atoms with E-state index >= 15 is 0 Å². The van der Waals surface area contributed by atoms with Crippen LogP contribution in [0.1, 0.15) is 47.9 Å². The molecule has 0 spiro atoms. The Kier molecular flexibility index (Phi) is 4.04. The van der Waals surface area contributed by atoms with Crippen LogP contribution in [0.25, 0.3) is 11.3 Å². The number of aromatic nitrogens is 1. The van der Waals surface area contributed by atoms with Crippen molar-refractivity contribution in [2.24, 2.45) is 0 Å². The molecule has 0 aliphatic heterocycles. The van der Waals surface area contributed by atoms with Gasteiger partial charge >= 0.3 is 0 Å². The van der Waals surface area contributed by atoms with Crippen molar-refractivity contribution in [2.45, 2.75) is 44.9 Å². The van der Waals surface area contributed by atoms with E-state index in [1.165, 1.54) is 53.2 Å². The summed E-state index contributed by atoms with van der Waals surface area (Å²) >= 11 is 5.44. The average Bonchev–Trinajstić information content (AvgIpc) is 2.82. The van der Waals surface area contributed by atoms with Crippen molar-refractivity contribution in [3.8, 4) is 11.3 Å². The van der Waals surface area contributed by atoms with E-state index in [9.17, 15) is 0 Å². The first-order valence-corrected chi connectivity index (χ1v) is 8.58. The van der Waals surface area contributed by atoms with Crippen LogP contribution in [-0.4, -0.2) is 4.98 Å². The molecule has 1 aromatic heterocycles. The molecule has 0 atom stereocenters. The van der Waals surface area contributed by atoms with E-state index in [0.717, 1.165) is 4.47 Å². The third-order valence-electron chi connectivity index (χ3n) is 3.87. The number of thiazole rings is 1. The van der Waals surface area contributed by atoms with Gasteiger partial charge < -0.3 is 0 Å². The molecule has 1 aromatic carbocycles. The van der Waals surface area contributed by atoms with Crippen molar-refractivity contribution < 1.29 is 0 Å². The van der Waals surface area contributed by atoms with Crippen LogP contribution in [-0.2, 0) is 0 Å². The Bertz CT molecular complexity index is 570. The van der Waals surface area contributed by atoms with Gasteiger partial charge in [0, 0.05) is 20.8 Å². The van der Waals surface area contributed by atoms with Crippen molar-refractivity contribution in [3.05, 3.63) is 38.6 Å². The molecule has 0 bridgehead atoms. The number of hydrogen-bond acceptors (Lipinski definition) is 2. The third kappa shape index (κ3) is 2.92. The first kappa shape index (κ1) is 13.3. The Morgan fingerprint density at radius 2 is 2.00 bits per heavy atom. The smallest absolute Gasteiger partial charge is 0.0966 e. The zero-order valence-corrected chi connectivity index (χ0v) is 13.6. The van der Waals surface area contributed by atoms with Crippen molar-refractivity contribution in [1.29, 1.82) is 0 Å². The van der Waals surface area contributed by atoms with Crippen LogP contribution in [0.4, 0.5) is 0 Å². The highest BCUT2D eigenvalue weighted by Crippen LogP contribution is 2.38. The lowest BCUT2D eigenvalue weighted by molar-refractivity contribution is 0.442. The van der Waals surface area contributed by atoms with Crippen LogP contribution in [0.2, 0.25) is 0 Å². The molecule has 0 amide bonds. The topological polar surface area (TPSA) is 12.9 Å². The van der Waals surface area contributed by atoms with Crippen molar-refractivity contribution in [1.82, 2.24) is 4.98 Å². The normalized spacial score (nSPS) is 16.7. The zero-order chi connectivity index (χ0) is 13.2. The van der Waals surface area contributed by atoms with Crippen LogP contribution >= 0.6 is 27.3 Å². The lowest BCUT2D eigenvalue weighted by atomic mass is 9.90. The summed E-state index contributed by atoms with van der Waals surface area (Å²) in [4.78, 5) is 6.29. The number of aryl methyl sites for hydroxylation is 1. The SMILES string of the molecule is Cc1sc(C2CCCCC2)nc1-c1cccc(Br)c1. The summed E-state index contributed by atoms with van der Waals surface area (Å²) in [7, 11) is 0. The van der Waals surface area contributed by atoms with Gasteiger partial charge in [-0.2, -0.15) is 0 Å². The number of hydrogen-bond donors (Lipinski definition) is 0. The predicted molar refractivity (Wildman–Crippen MR) is 85.8 cm³/mol. The van der Waals surface area contributed by atoms with Gasteiger partial charge in [-0.25, -0.2) is 4.98 Å². The van der Waals surface area contributed by atoms with Crippen molar-refractivity contribution >= 4 is 27.3 Å². The molecule has 100 valence electrons. The quantitative estimate of drug-likeness (QED) is 0.662. The van der Waals surface area contributed by atoms with E-state index in [0.29, 0.717) is 5.92 Å². The number of rotatable bonds is 2. The van der Waals surface area contributed by atoms with Gasteiger partial charge in [-0.3, -0.25) is 0 Å². The maximum absolute atomic E-state index is 4.94. The Labute approximate surface area is 127 Å². The van der Waals surface area contributed by atoms with E-state index in [4.69, 9.17) is 4.98 Å². The minimum Gasteiger partial charge on any atom is -0.241 e. The van der Waals surface area contributed by atoms with Crippen molar-refractivity contribution in [3.63, 3.8) is 0 Å². The first-order valence-electron chi connectivity index (χ1n) is 6.97. The summed E-state index contributed by atoms with van der Waals surface area (Å²) in [6.07, 6.45) is 6.79. The van der Waals surface area contributed by atoms with Crippen LogP contribution < -0.4 is 0 Å². The molecule has 1 saturated carbocycles. The Morgan fingerprint density at radius 1 is 1.21 bits per heavy atom. The highest BCUT2D eigenvalue weighted by molar-refractivity contribution is 9.10. The van der Waals surface area contributed by atoms with E-state index in [1.807, 2.05) is 11.3 Å². The minimum atomic E-state index is 0.707. The molecule has 0 unspecified atom stereocenters. The number of nitrogens with zero attached hydrogens (tertiary/aromatic N) is 1. The van der Waals surface area contributed by atoms with Crippen LogP contribution in [0, 0.1) is 6.92 Å². The standard InChI is InChI=1S/C16H18BrNS/c1-11-15(13-8-5-9-14(17)10-13)18-16(19-11)12-6-3-2-4-7-12/h5,8-10,12H,2-4,6-7H2,1H3. The second kappa shape index (κ2) is 5.76. The third-order valence-corrected chi connectivity index (χ3v) is 5.49. The van der Waals surface area contributed by atoms with Gasteiger partial charge in [0.25, 0.3) is 0 Å². The molecule has 1 fully saturated rings. The van der Waals surface area contributed by atoms with Crippen LogP contribution in [0.5, 0.6) is 0 Å². The van der Waals surface area contributed by atoms with Gasteiger partial charge in [0.2, 0.25) is 0 Å². The van der Waals surface area contributed by atoms with E-state index in [2.05, 4.69) is 47.1 Å². The second-order valence-corrected chi connectivity index (χ2v) is 7.45. The summed E-state index contributed by atoms with van der Waals surface area (Å²) in [6.45, 7) is 2.19. The second-order valence-electron chi connectivity index (χ2n) is 5.30. The number of halogens is 1. The molecule has 3 heteroatoms. The van der Waals surface area contributed by atoms with E-state index < -0.39 is 0 Å². The van der Waals surface area contributed by atoms with Crippen molar-refractivity contribution in [2.75, 3.05) is 0 Å². The lowest BCUT2D eigenvalue weighted by Gasteiger charge is -2.18. The molecule has 1 aliphatic rings. The molecule has 0 saturated heterocycles. The molecule has 19 heavy (non-hydrogen) atoms. The summed E-state index contributed by atoms with van der Waals surface area (Å²) in [5.74, 6) is 0.707. The highest BCUT2D eigenvalue weighted by Gasteiger charge is 2.20. The summed E-state index contributed by atoms with van der Waals surface area (Å²) in [6, 6.07) is 8.45. The molecule has 0 radical (unpaired) electrons. The van der Waals surface area contributed by atoms with Gasteiger partial charge in [0.1, 0.15) is 0 Å². The van der Waals surface area contributed by atoms with Gasteiger partial charge in [-0.1, -0.05) is 47.3 Å². The van der Waals surface area contributed by atoms with Gasteiger partial charge in [-0.15, -0.1) is 11.3 Å². The van der Waals surface area contributed by atoms with Gasteiger partial charge in [0.15, 0.2) is 0 Å². The molecule has 2 aromatic rings. The highest BCUT2D eigenvalue weighted by atomic mass is 79.9. The summed E-state index contributed by atoms with van der Waals surface area (Å²) in [5.41, 5.74) is 2.40.